The lowest BCUT2D eigenvalue weighted by Crippen LogP contribution is -2.20. The van der Waals surface area contributed by atoms with Gasteiger partial charge in [0.25, 0.3) is 5.56 Å². The zero-order valence-corrected chi connectivity index (χ0v) is 13.7. The van der Waals surface area contributed by atoms with E-state index in [2.05, 4.69) is 10.1 Å². The first-order valence-electron chi connectivity index (χ1n) is 7.39. The van der Waals surface area contributed by atoms with E-state index in [1.807, 2.05) is 24.3 Å². The second-order valence-electron chi connectivity index (χ2n) is 5.12. The Hall–Kier alpha value is -3.15. The van der Waals surface area contributed by atoms with Crippen LogP contribution in [0.2, 0.25) is 0 Å². The normalized spacial score (nSPS) is 11.1. The smallest absolute Gasteiger partial charge is 0.282 e. The summed E-state index contributed by atoms with van der Waals surface area (Å²) in [4.78, 5) is 17.0. The molecule has 2 aromatic carbocycles. The fraction of sp³-hybridized carbons (Fsp3) is 0.167. The van der Waals surface area contributed by atoms with Crippen molar-refractivity contribution in [3.8, 4) is 11.5 Å². The second kappa shape index (κ2) is 6.54. The van der Waals surface area contributed by atoms with Gasteiger partial charge in [-0.05, 0) is 31.2 Å². The van der Waals surface area contributed by atoms with E-state index in [4.69, 9.17) is 9.47 Å². The lowest BCUT2D eigenvalue weighted by molar-refractivity contribution is 0.354. The van der Waals surface area contributed by atoms with E-state index in [0.29, 0.717) is 33.8 Å². The fourth-order valence-corrected chi connectivity index (χ4v) is 2.50. The second-order valence-corrected chi connectivity index (χ2v) is 5.12. The Kier molecular flexibility index (Phi) is 4.29. The molecule has 122 valence electrons. The van der Waals surface area contributed by atoms with Gasteiger partial charge in [0.15, 0.2) is 11.5 Å². The maximum absolute atomic E-state index is 12.6. The highest BCUT2D eigenvalue weighted by molar-refractivity contribution is 5.85. The molecule has 0 atom stereocenters. The summed E-state index contributed by atoms with van der Waals surface area (Å²) in [5, 5.41) is 4.82. The number of rotatable bonds is 4. The van der Waals surface area contributed by atoms with Crippen molar-refractivity contribution >= 4 is 17.1 Å². The predicted molar refractivity (Wildman–Crippen MR) is 93.3 cm³/mol. The minimum absolute atomic E-state index is 0.212. The summed E-state index contributed by atoms with van der Waals surface area (Å²) >= 11 is 0. The highest BCUT2D eigenvalue weighted by Gasteiger charge is 2.09. The number of para-hydroxylation sites is 2. The predicted octanol–water partition coefficient (Wildman–Crippen LogP) is 2.60. The van der Waals surface area contributed by atoms with E-state index in [1.165, 1.54) is 4.68 Å². The number of hydrogen-bond donors (Lipinski definition) is 0. The molecular weight excluding hydrogens is 306 g/mol. The van der Waals surface area contributed by atoms with Gasteiger partial charge in [-0.2, -0.15) is 9.78 Å². The molecule has 3 rings (SSSR count). The Morgan fingerprint density at radius 1 is 1.08 bits per heavy atom. The molecule has 0 saturated heterocycles. The maximum Gasteiger partial charge on any atom is 0.282 e. The molecule has 0 unspecified atom stereocenters. The summed E-state index contributed by atoms with van der Waals surface area (Å²) < 4.78 is 11.9. The Morgan fingerprint density at radius 3 is 2.62 bits per heavy atom. The molecule has 6 nitrogen and oxygen atoms in total. The Labute approximate surface area is 139 Å². The van der Waals surface area contributed by atoms with E-state index >= 15 is 0 Å². The van der Waals surface area contributed by atoms with Gasteiger partial charge >= 0.3 is 0 Å². The number of fused-ring (bicyclic) bond motifs is 1. The standard InChI is InChI=1S/C18H17N3O3/c1-12-20-15-9-5-4-8-14(15)18(22)21(12)19-11-13-7-6-10-16(23-2)17(13)24-3/h4-11H,1-3H3/b19-11+. The van der Waals surface area contributed by atoms with Crippen LogP contribution >= 0.6 is 0 Å². The summed E-state index contributed by atoms with van der Waals surface area (Å²) in [7, 11) is 3.13. The third-order valence-corrected chi connectivity index (χ3v) is 3.66. The lowest BCUT2D eigenvalue weighted by atomic mass is 10.2. The number of benzene rings is 2. The van der Waals surface area contributed by atoms with Crippen LogP contribution in [0.15, 0.2) is 52.4 Å². The summed E-state index contributed by atoms with van der Waals surface area (Å²) in [6.45, 7) is 1.74. The molecule has 0 spiro atoms. The topological polar surface area (TPSA) is 65.7 Å². The average molecular weight is 323 g/mol. The Bertz CT molecular complexity index is 977. The molecule has 0 N–H and O–H groups in total. The van der Waals surface area contributed by atoms with E-state index < -0.39 is 0 Å². The third kappa shape index (κ3) is 2.74. The quantitative estimate of drug-likeness (QED) is 0.692. The number of nitrogens with zero attached hydrogens (tertiary/aromatic N) is 3. The van der Waals surface area contributed by atoms with Crippen LogP contribution in [0.4, 0.5) is 0 Å². The van der Waals surface area contributed by atoms with Crippen molar-refractivity contribution in [1.29, 1.82) is 0 Å². The van der Waals surface area contributed by atoms with E-state index in [1.54, 1.807) is 45.6 Å². The first kappa shape index (κ1) is 15.7. The highest BCUT2D eigenvalue weighted by Crippen LogP contribution is 2.29. The average Bonchev–Trinajstić information content (AvgIpc) is 2.61. The number of methoxy groups -OCH3 is 2. The molecular formula is C18H17N3O3. The minimum Gasteiger partial charge on any atom is -0.493 e. The Balaban J connectivity index is 2.11. The number of ether oxygens (including phenoxy) is 2. The van der Waals surface area contributed by atoms with E-state index in [0.717, 1.165) is 0 Å². The zero-order chi connectivity index (χ0) is 17.1. The van der Waals surface area contributed by atoms with Crippen molar-refractivity contribution in [2.75, 3.05) is 14.2 Å². The van der Waals surface area contributed by atoms with Crippen LogP contribution in [0.1, 0.15) is 11.4 Å². The van der Waals surface area contributed by atoms with Gasteiger partial charge in [0, 0.05) is 5.56 Å². The molecule has 1 aromatic heterocycles. The van der Waals surface area contributed by atoms with Crippen molar-refractivity contribution in [3.05, 3.63) is 64.2 Å². The van der Waals surface area contributed by atoms with Crippen LogP contribution in [-0.2, 0) is 0 Å². The van der Waals surface area contributed by atoms with Crippen LogP contribution in [0.5, 0.6) is 11.5 Å². The van der Waals surface area contributed by atoms with Gasteiger partial charge < -0.3 is 9.47 Å². The molecule has 1 heterocycles. The van der Waals surface area contributed by atoms with Crippen molar-refractivity contribution < 1.29 is 9.47 Å². The summed E-state index contributed by atoms with van der Waals surface area (Å²) in [5.41, 5.74) is 1.15. The summed E-state index contributed by atoms with van der Waals surface area (Å²) in [5.74, 6) is 1.67. The van der Waals surface area contributed by atoms with Gasteiger partial charge in [-0.3, -0.25) is 4.79 Å². The van der Waals surface area contributed by atoms with Crippen LogP contribution in [0.25, 0.3) is 10.9 Å². The van der Waals surface area contributed by atoms with E-state index in [-0.39, 0.29) is 5.56 Å². The highest BCUT2D eigenvalue weighted by atomic mass is 16.5. The minimum atomic E-state index is -0.212. The molecule has 0 aliphatic rings. The molecule has 0 amide bonds. The van der Waals surface area contributed by atoms with E-state index in [9.17, 15) is 4.79 Å². The van der Waals surface area contributed by atoms with Crippen LogP contribution in [-0.4, -0.2) is 30.1 Å². The number of aromatic nitrogens is 2. The van der Waals surface area contributed by atoms with Gasteiger partial charge in [0.05, 0.1) is 31.3 Å². The molecule has 3 aromatic rings. The molecule has 0 aliphatic carbocycles. The molecule has 0 fully saturated rings. The molecule has 0 bridgehead atoms. The number of hydrogen-bond acceptors (Lipinski definition) is 5. The van der Waals surface area contributed by atoms with Gasteiger partial charge in [-0.15, -0.1) is 0 Å². The van der Waals surface area contributed by atoms with Crippen molar-refractivity contribution in [1.82, 2.24) is 9.66 Å². The van der Waals surface area contributed by atoms with Gasteiger partial charge in [-0.25, -0.2) is 4.98 Å². The monoisotopic (exact) mass is 323 g/mol. The summed E-state index contributed by atoms with van der Waals surface area (Å²) in [6.07, 6.45) is 1.56. The molecule has 6 heteroatoms. The van der Waals surface area contributed by atoms with Gasteiger partial charge in [0.2, 0.25) is 0 Å². The van der Waals surface area contributed by atoms with Gasteiger partial charge in [-0.1, -0.05) is 18.2 Å². The first-order chi connectivity index (χ1) is 11.7. The summed E-state index contributed by atoms with van der Waals surface area (Å²) in [6, 6.07) is 12.7. The zero-order valence-electron chi connectivity index (χ0n) is 13.7. The van der Waals surface area contributed by atoms with Crippen molar-refractivity contribution in [2.45, 2.75) is 6.92 Å². The SMILES string of the molecule is COc1cccc(/C=N/n2c(C)nc3ccccc3c2=O)c1OC. The van der Waals surface area contributed by atoms with Crippen LogP contribution in [0.3, 0.4) is 0 Å². The van der Waals surface area contributed by atoms with Crippen molar-refractivity contribution in [3.63, 3.8) is 0 Å². The first-order valence-corrected chi connectivity index (χ1v) is 7.39. The van der Waals surface area contributed by atoms with Gasteiger partial charge in [0.1, 0.15) is 5.82 Å². The number of aryl methyl sites for hydroxylation is 1. The molecule has 0 saturated carbocycles. The largest absolute Gasteiger partial charge is 0.493 e. The van der Waals surface area contributed by atoms with Crippen LogP contribution < -0.4 is 15.0 Å². The lowest BCUT2D eigenvalue weighted by Gasteiger charge is -2.10. The fourth-order valence-electron chi connectivity index (χ4n) is 2.50. The molecule has 24 heavy (non-hydrogen) atoms. The van der Waals surface area contributed by atoms with Crippen molar-refractivity contribution in [2.24, 2.45) is 5.10 Å². The molecule has 0 radical (unpaired) electrons. The maximum atomic E-state index is 12.6. The molecule has 0 aliphatic heterocycles. The Morgan fingerprint density at radius 2 is 1.88 bits per heavy atom. The third-order valence-electron chi connectivity index (χ3n) is 3.66. The van der Waals surface area contributed by atoms with Crippen LogP contribution in [0, 0.1) is 6.92 Å².